The number of likely N-dealkylation sites (N-methyl/N-ethyl adjacent to an activating group) is 2. The summed E-state index contributed by atoms with van der Waals surface area (Å²) >= 11 is 0. The van der Waals surface area contributed by atoms with E-state index in [2.05, 4.69) is 11.4 Å². The SMILES string of the molecule is CCN(CC(=O)N(C)C)c1ccc(CNC)cc1C#N. The highest BCUT2D eigenvalue weighted by Gasteiger charge is 2.15. The number of nitrogens with zero attached hydrogens (tertiary/aromatic N) is 3. The molecule has 0 bridgehead atoms. The number of rotatable bonds is 6. The Kier molecular flexibility index (Phi) is 6.01. The number of amides is 1. The van der Waals surface area contributed by atoms with Gasteiger partial charge in [0.15, 0.2) is 0 Å². The van der Waals surface area contributed by atoms with Crippen LogP contribution in [0.1, 0.15) is 18.1 Å². The smallest absolute Gasteiger partial charge is 0.241 e. The maximum Gasteiger partial charge on any atom is 0.241 e. The normalized spacial score (nSPS) is 9.95. The standard InChI is InChI=1S/C15H22N4O/c1-5-19(11-15(20)18(3)4)14-7-6-12(10-17-2)8-13(14)9-16/h6-8,17H,5,10-11H2,1-4H3. The van der Waals surface area contributed by atoms with Gasteiger partial charge in [-0.05, 0) is 31.7 Å². The lowest BCUT2D eigenvalue weighted by Crippen LogP contribution is -2.37. The van der Waals surface area contributed by atoms with Gasteiger partial charge >= 0.3 is 0 Å². The molecule has 0 spiro atoms. The predicted octanol–water partition coefficient (Wildman–Crippen LogP) is 1.19. The fraction of sp³-hybridized carbons (Fsp3) is 0.467. The third-order valence-electron chi connectivity index (χ3n) is 3.11. The molecule has 20 heavy (non-hydrogen) atoms. The Balaban J connectivity index is 3.03. The topological polar surface area (TPSA) is 59.4 Å². The van der Waals surface area contributed by atoms with Crippen molar-refractivity contribution in [2.75, 3.05) is 39.1 Å². The van der Waals surface area contributed by atoms with Gasteiger partial charge in [0.1, 0.15) is 6.07 Å². The van der Waals surface area contributed by atoms with Crippen LogP contribution in [0, 0.1) is 11.3 Å². The molecule has 1 aromatic rings. The van der Waals surface area contributed by atoms with Gasteiger partial charge < -0.3 is 15.1 Å². The van der Waals surface area contributed by atoms with Gasteiger partial charge in [-0.15, -0.1) is 0 Å². The number of hydrogen-bond acceptors (Lipinski definition) is 4. The Morgan fingerprint density at radius 3 is 2.60 bits per heavy atom. The summed E-state index contributed by atoms with van der Waals surface area (Å²) in [7, 11) is 5.34. The van der Waals surface area contributed by atoms with Crippen molar-refractivity contribution < 1.29 is 4.79 Å². The second-order valence-corrected chi connectivity index (χ2v) is 4.80. The minimum atomic E-state index is 0.0232. The summed E-state index contributed by atoms with van der Waals surface area (Å²) in [5.74, 6) is 0.0232. The van der Waals surface area contributed by atoms with Crippen molar-refractivity contribution in [2.45, 2.75) is 13.5 Å². The van der Waals surface area contributed by atoms with E-state index in [-0.39, 0.29) is 12.5 Å². The zero-order valence-electron chi connectivity index (χ0n) is 12.6. The van der Waals surface area contributed by atoms with Crippen LogP contribution < -0.4 is 10.2 Å². The van der Waals surface area contributed by atoms with Crippen molar-refractivity contribution >= 4 is 11.6 Å². The number of benzene rings is 1. The van der Waals surface area contributed by atoms with Crippen LogP contribution in [0.4, 0.5) is 5.69 Å². The Labute approximate surface area is 120 Å². The van der Waals surface area contributed by atoms with Gasteiger partial charge in [0.05, 0.1) is 17.8 Å². The average molecular weight is 274 g/mol. The van der Waals surface area contributed by atoms with Gasteiger partial charge in [-0.2, -0.15) is 5.26 Å². The first-order chi connectivity index (χ1) is 9.53. The summed E-state index contributed by atoms with van der Waals surface area (Å²) < 4.78 is 0. The van der Waals surface area contributed by atoms with Gasteiger partial charge in [0.2, 0.25) is 5.91 Å². The molecule has 0 unspecified atom stereocenters. The monoisotopic (exact) mass is 274 g/mol. The van der Waals surface area contributed by atoms with Crippen LogP contribution in [0.2, 0.25) is 0 Å². The number of nitriles is 1. The Bertz CT molecular complexity index is 505. The van der Waals surface area contributed by atoms with Crippen LogP contribution in [0.5, 0.6) is 0 Å². The molecule has 5 nitrogen and oxygen atoms in total. The van der Waals surface area contributed by atoms with Crippen LogP contribution in [0.3, 0.4) is 0 Å². The minimum absolute atomic E-state index is 0.0232. The van der Waals surface area contributed by atoms with E-state index in [1.807, 2.05) is 37.1 Å². The molecule has 1 aromatic carbocycles. The third kappa shape index (κ3) is 3.97. The molecular weight excluding hydrogens is 252 g/mol. The second kappa shape index (κ2) is 7.51. The lowest BCUT2D eigenvalue weighted by molar-refractivity contribution is -0.127. The molecular formula is C15H22N4O. The first-order valence-corrected chi connectivity index (χ1v) is 6.66. The maximum absolute atomic E-state index is 11.8. The Morgan fingerprint density at radius 1 is 1.40 bits per heavy atom. The van der Waals surface area contributed by atoms with Crippen LogP contribution in [-0.4, -0.2) is 45.0 Å². The molecule has 0 radical (unpaired) electrons. The van der Waals surface area contributed by atoms with E-state index >= 15 is 0 Å². The van der Waals surface area contributed by atoms with Crippen molar-refractivity contribution in [1.29, 1.82) is 5.26 Å². The molecule has 0 saturated carbocycles. The van der Waals surface area contributed by atoms with E-state index in [4.69, 9.17) is 0 Å². The number of anilines is 1. The zero-order valence-corrected chi connectivity index (χ0v) is 12.6. The first-order valence-electron chi connectivity index (χ1n) is 6.66. The van der Waals surface area contributed by atoms with Crippen LogP contribution in [0.25, 0.3) is 0 Å². The van der Waals surface area contributed by atoms with Crippen LogP contribution >= 0.6 is 0 Å². The van der Waals surface area contributed by atoms with Crippen molar-refractivity contribution in [2.24, 2.45) is 0 Å². The van der Waals surface area contributed by atoms with Crippen LogP contribution in [-0.2, 0) is 11.3 Å². The lowest BCUT2D eigenvalue weighted by atomic mass is 10.1. The summed E-state index contributed by atoms with van der Waals surface area (Å²) in [4.78, 5) is 15.3. The van der Waals surface area contributed by atoms with Crippen molar-refractivity contribution in [3.63, 3.8) is 0 Å². The molecule has 0 aliphatic rings. The Hall–Kier alpha value is -2.06. The molecule has 0 heterocycles. The summed E-state index contributed by atoms with van der Waals surface area (Å²) in [5.41, 5.74) is 2.47. The Morgan fingerprint density at radius 2 is 2.10 bits per heavy atom. The van der Waals surface area contributed by atoms with Crippen molar-refractivity contribution in [3.05, 3.63) is 29.3 Å². The highest BCUT2D eigenvalue weighted by molar-refractivity contribution is 5.81. The number of carbonyl (C=O) groups is 1. The molecule has 5 heteroatoms. The van der Waals surface area contributed by atoms with E-state index in [1.54, 1.807) is 19.0 Å². The van der Waals surface area contributed by atoms with Gasteiger partial charge in [0.25, 0.3) is 0 Å². The predicted molar refractivity (Wildman–Crippen MR) is 80.5 cm³/mol. The molecule has 1 rings (SSSR count). The van der Waals surface area contributed by atoms with Gasteiger partial charge in [0, 0.05) is 27.2 Å². The van der Waals surface area contributed by atoms with E-state index < -0.39 is 0 Å². The molecule has 0 aliphatic carbocycles. The summed E-state index contributed by atoms with van der Waals surface area (Å²) in [6.07, 6.45) is 0. The molecule has 0 aromatic heterocycles. The highest BCUT2D eigenvalue weighted by Crippen LogP contribution is 2.21. The van der Waals surface area contributed by atoms with E-state index in [1.165, 1.54) is 0 Å². The number of hydrogen-bond donors (Lipinski definition) is 1. The van der Waals surface area contributed by atoms with Gasteiger partial charge in [-0.25, -0.2) is 0 Å². The van der Waals surface area contributed by atoms with E-state index in [0.29, 0.717) is 12.1 Å². The number of carbonyl (C=O) groups excluding carboxylic acids is 1. The fourth-order valence-electron chi connectivity index (χ4n) is 1.93. The molecule has 0 saturated heterocycles. The summed E-state index contributed by atoms with van der Waals surface area (Å²) in [5, 5.41) is 12.4. The molecule has 0 fully saturated rings. The maximum atomic E-state index is 11.8. The average Bonchev–Trinajstić information content (AvgIpc) is 2.44. The van der Waals surface area contributed by atoms with E-state index in [9.17, 15) is 10.1 Å². The second-order valence-electron chi connectivity index (χ2n) is 4.80. The summed E-state index contributed by atoms with van der Waals surface area (Å²) in [6.45, 7) is 3.66. The molecule has 108 valence electrons. The highest BCUT2D eigenvalue weighted by atomic mass is 16.2. The molecule has 1 N–H and O–H groups in total. The summed E-state index contributed by atoms with van der Waals surface area (Å²) in [6, 6.07) is 7.98. The number of nitrogens with one attached hydrogen (secondary N) is 1. The first kappa shape index (κ1) is 16.0. The minimum Gasteiger partial charge on any atom is -0.361 e. The van der Waals surface area contributed by atoms with Gasteiger partial charge in [-0.3, -0.25) is 4.79 Å². The van der Waals surface area contributed by atoms with Crippen molar-refractivity contribution in [1.82, 2.24) is 10.2 Å². The molecule has 1 amide bonds. The third-order valence-corrected chi connectivity index (χ3v) is 3.11. The lowest BCUT2D eigenvalue weighted by Gasteiger charge is -2.25. The largest absolute Gasteiger partial charge is 0.361 e. The van der Waals surface area contributed by atoms with Crippen molar-refractivity contribution in [3.8, 4) is 6.07 Å². The quantitative estimate of drug-likeness (QED) is 0.846. The molecule has 0 aliphatic heterocycles. The zero-order chi connectivity index (χ0) is 15.1. The van der Waals surface area contributed by atoms with E-state index in [0.717, 1.165) is 17.8 Å². The van der Waals surface area contributed by atoms with Crippen LogP contribution in [0.15, 0.2) is 18.2 Å². The molecule has 0 atom stereocenters. The van der Waals surface area contributed by atoms with Gasteiger partial charge in [-0.1, -0.05) is 6.07 Å². The fourth-order valence-corrected chi connectivity index (χ4v) is 1.93.